The lowest BCUT2D eigenvalue weighted by molar-refractivity contribution is -0.143. The van der Waals surface area contributed by atoms with Gasteiger partial charge in [-0.3, -0.25) is 14.6 Å². The molecule has 1 aliphatic rings. The van der Waals surface area contributed by atoms with E-state index in [1.54, 1.807) is 6.92 Å². The molecule has 1 aromatic rings. The summed E-state index contributed by atoms with van der Waals surface area (Å²) in [5, 5.41) is 10.1. The fourth-order valence-electron chi connectivity index (χ4n) is 2.36. The van der Waals surface area contributed by atoms with Crippen LogP contribution in [0.25, 0.3) is 0 Å². The molecule has 0 radical (unpaired) electrons. The molecule has 110 valence electrons. The number of hydrogen-bond donors (Lipinski definition) is 1. The summed E-state index contributed by atoms with van der Waals surface area (Å²) in [5.41, 5.74) is 1.12. The van der Waals surface area contributed by atoms with Crippen LogP contribution in [0.1, 0.15) is 12.5 Å². The summed E-state index contributed by atoms with van der Waals surface area (Å²) >= 11 is 11.9. The van der Waals surface area contributed by atoms with Gasteiger partial charge in [-0.25, -0.2) is 0 Å². The van der Waals surface area contributed by atoms with Crippen LogP contribution in [-0.4, -0.2) is 53.1 Å². The molecule has 1 unspecified atom stereocenters. The summed E-state index contributed by atoms with van der Waals surface area (Å²) in [4.78, 5) is 15.2. The molecule has 0 saturated carbocycles. The third-order valence-corrected chi connectivity index (χ3v) is 4.44. The van der Waals surface area contributed by atoms with Gasteiger partial charge in [0.2, 0.25) is 0 Å². The number of piperazine rings is 1. The Balaban J connectivity index is 1.88. The van der Waals surface area contributed by atoms with Crippen molar-refractivity contribution in [3.8, 4) is 0 Å². The molecular weight excluding hydrogens is 299 g/mol. The second kappa shape index (κ2) is 6.76. The molecule has 0 amide bonds. The predicted octanol–water partition coefficient (Wildman–Crippen LogP) is 2.58. The molecule has 4 nitrogen and oxygen atoms in total. The first-order chi connectivity index (χ1) is 9.47. The molecule has 2 rings (SSSR count). The maximum Gasteiger partial charge on any atom is 0.320 e. The van der Waals surface area contributed by atoms with Gasteiger partial charge in [-0.05, 0) is 24.6 Å². The standard InChI is InChI=1S/C14H18Cl2N2O2/c1-10(14(19)20)18-6-4-17(5-7-18)9-11-2-3-12(15)13(16)8-11/h2-3,8,10H,4-7,9H2,1H3,(H,19,20). The number of halogens is 2. The van der Waals surface area contributed by atoms with Gasteiger partial charge in [-0.2, -0.15) is 0 Å². The van der Waals surface area contributed by atoms with Gasteiger partial charge < -0.3 is 5.11 Å². The Morgan fingerprint density at radius 1 is 1.25 bits per heavy atom. The highest BCUT2D eigenvalue weighted by molar-refractivity contribution is 6.42. The Labute approximate surface area is 128 Å². The maximum atomic E-state index is 11.0. The van der Waals surface area contributed by atoms with E-state index in [-0.39, 0.29) is 0 Å². The number of benzene rings is 1. The first kappa shape index (κ1) is 15.6. The topological polar surface area (TPSA) is 43.8 Å². The fraction of sp³-hybridized carbons (Fsp3) is 0.500. The lowest BCUT2D eigenvalue weighted by Crippen LogP contribution is -2.51. The Bertz CT molecular complexity index is 488. The van der Waals surface area contributed by atoms with Crippen molar-refractivity contribution in [2.24, 2.45) is 0 Å². The number of carboxylic acids is 1. The Morgan fingerprint density at radius 2 is 1.90 bits per heavy atom. The first-order valence-corrected chi connectivity index (χ1v) is 7.36. The van der Waals surface area contributed by atoms with Gasteiger partial charge in [0.1, 0.15) is 6.04 Å². The molecule has 1 aliphatic heterocycles. The van der Waals surface area contributed by atoms with Crippen molar-refractivity contribution in [1.29, 1.82) is 0 Å². The highest BCUT2D eigenvalue weighted by atomic mass is 35.5. The van der Waals surface area contributed by atoms with E-state index < -0.39 is 12.0 Å². The third kappa shape index (κ3) is 3.85. The van der Waals surface area contributed by atoms with E-state index in [2.05, 4.69) is 4.90 Å². The molecule has 1 heterocycles. The van der Waals surface area contributed by atoms with Crippen LogP contribution in [0.2, 0.25) is 10.0 Å². The molecule has 20 heavy (non-hydrogen) atoms. The molecule has 0 aliphatic carbocycles. The summed E-state index contributed by atoms with van der Waals surface area (Å²) in [5.74, 6) is -0.761. The highest BCUT2D eigenvalue weighted by Crippen LogP contribution is 2.23. The molecule has 1 fully saturated rings. The zero-order chi connectivity index (χ0) is 14.7. The van der Waals surface area contributed by atoms with Crippen molar-refractivity contribution in [3.63, 3.8) is 0 Å². The van der Waals surface area contributed by atoms with E-state index in [0.29, 0.717) is 10.0 Å². The molecule has 0 aromatic heterocycles. The fourth-order valence-corrected chi connectivity index (χ4v) is 2.68. The average Bonchev–Trinajstić information content (AvgIpc) is 2.43. The number of aliphatic carboxylic acids is 1. The molecular formula is C14H18Cl2N2O2. The van der Waals surface area contributed by atoms with Crippen molar-refractivity contribution in [2.75, 3.05) is 26.2 Å². The van der Waals surface area contributed by atoms with Crippen molar-refractivity contribution < 1.29 is 9.90 Å². The molecule has 6 heteroatoms. The van der Waals surface area contributed by atoms with Crippen molar-refractivity contribution in [1.82, 2.24) is 9.80 Å². The van der Waals surface area contributed by atoms with Gasteiger partial charge >= 0.3 is 5.97 Å². The normalized spacial score (nSPS) is 18.9. The molecule has 0 spiro atoms. The number of rotatable bonds is 4. The first-order valence-electron chi connectivity index (χ1n) is 6.60. The predicted molar refractivity (Wildman–Crippen MR) is 80.4 cm³/mol. The van der Waals surface area contributed by atoms with E-state index in [1.165, 1.54) is 0 Å². The van der Waals surface area contributed by atoms with E-state index in [1.807, 2.05) is 23.1 Å². The van der Waals surface area contributed by atoms with Crippen LogP contribution in [0.15, 0.2) is 18.2 Å². The Hall–Kier alpha value is -0.810. The van der Waals surface area contributed by atoms with Crippen LogP contribution in [0.5, 0.6) is 0 Å². The van der Waals surface area contributed by atoms with E-state index in [9.17, 15) is 4.79 Å². The second-order valence-corrected chi connectivity index (χ2v) is 5.89. The third-order valence-electron chi connectivity index (χ3n) is 3.70. The van der Waals surface area contributed by atoms with Crippen LogP contribution in [0.3, 0.4) is 0 Å². The molecule has 1 aromatic carbocycles. The minimum absolute atomic E-state index is 0.415. The Morgan fingerprint density at radius 3 is 2.45 bits per heavy atom. The molecule has 1 atom stereocenters. The zero-order valence-corrected chi connectivity index (χ0v) is 12.9. The zero-order valence-electron chi connectivity index (χ0n) is 11.4. The van der Waals surface area contributed by atoms with Crippen molar-refractivity contribution in [2.45, 2.75) is 19.5 Å². The van der Waals surface area contributed by atoms with Crippen LogP contribution in [-0.2, 0) is 11.3 Å². The minimum Gasteiger partial charge on any atom is -0.480 e. The van der Waals surface area contributed by atoms with Crippen LogP contribution >= 0.6 is 23.2 Å². The smallest absolute Gasteiger partial charge is 0.320 e. The monoisotopic (exact) mass is 316 g/mol. The van der Waals surface area contributed by atoms with Gasteiger partial charge in [0.15, 0.2) is 0 Å². The number of carboxylic acid groups (broad SMARTS) is 1. The molecule has 0 bridgehead atoms. The van der Waals surface area contributed by atoms with Crippen molar-refractivity contribution in [3.05, 3.63) is 33.8 Å². The lowest BCUT2D eigenvalue weighted by atomic mass is 10.2. The van der Waals surface area contributed by atoms with Gasteiger partial charge in [0.05, 0.1) is 10.0 Å². The molecule has 1 saturated heterocycles. The average molecular weight is 317 g/mol. The van der Waals surface area contributed by atoms with Crippen LogP contribution in [0, 0.1) is 0 Å². The number of nitrogens with zero attached hydrogens (tertiary/aromatic N) is 2. The van der Waals surface area contributed by atoms with Crippen LogP contribution in [0.4, 0.5) is 0 Å². The molecule has 1 N–H and O–H groups in total. The van der Waals surface area contributed by atoms with E-state index in [0.717, 1.165) is 38.3 Å². The summed E-state index contributed by atoms with van der Waals surface area (Å²) in [6.07, 6.45) is 0. The summed E-state index contributed by atoms with van der Waals surface area (Å²) in [6, 6.07) is 5.25. The summed E-state index contributed by atoms with van der Waals surface area (Å²) in [6.45, 7) is 5.81. The van der Waals surface area contributed by atoms with Gasteiger partial charge in [-0.1, -0.05) is 29.3 Å². The quantitative estimate of drug-likeness (QED) is 0.927. The summed E-state index contributed by atoms with van der Waals surface area (Å²) < 4.78 is 0. The van der Waals surface area contributed by atoms with E-state index in [4.69, 9.17) is 28.3 Å². The van der Waals surface area contributed by atoms with Gasteiger partial charge in [0, 0.05) is 32.7 Å². The largest absolute Gasteiger partial charge is 0.480 e. The van der Waals surface area contributed by atoms with Gasteiger partial charge in [-0.15, -0.1) is 0 Å². The second-order valence-electron chi connectivity index (χ2n) is 5.07. The Kier molecular flexibility index (Phi) is 5.27. The highest BCUT2D eigenvalue weighted by Gasteiger charge is 2.24. The van der Waals surface area contributed by atoms with E-state index >= 15 is 0 Å². The SMILES string of the molecule is CC(C(=O)O)N1CCN(Cc2ccc(Cl)c(Cl)c2)CC1. The lowest BCUT2D eigenvalue weighted by Gasteiger charge is -2.36. The maximum absolute atomic E-state index is 11.0. The van der Waals surface area contributed by atoms with Gasteiger partial charge in [0.25, 0.3) is 0 Å². The van der Waals surface area contributed by atoms with Crippen LogP contribution < -0.4 is 0 Å². The number of hydrogen-bond acceptors (Lipinski definition) is 3. The number of carbonyl (C=O) groups is 1. The van der Waals surface area contributed by atoms with Crippen molar-refractivity contribution >= 4 is 29.2 Å². The summed E-state index contributed by atoms with van der Waals surface area (Å²) in [7, 11) is 0. The minimum atomic E-state index is -0.761.